The van der Waals surface area contributed by atoms with Gasteiger partial charge in [-0.05, 0) is 19.1 Å². The van der Waals surface area contributed by atoms with Gasteiger partial charge in [-0.1, -0.05) is 6.07 Å². The van der Waals surface area contributed by atoms with Gasteiger partial charge in [0.25, 0.3) is 0 Å². The monoisotopic (exact) mass is 312 g/mol. The van der Waals surface area contributed by atoms with Crippen molar-refractivity contribution in [1.82, 2.24) is 15.0 Å². The number of quaternary nitrogens is 1. The fourth-order valence-electron chi connectivity index (χ4n) is 3.49. The molecular formula is C17H22N5O+. The highest BCUT2D eigenvalue weighted by Crippen LogP contribution is 2.34. The van der Waals surface area contributed by atoms with Crippen LogP contribution in [-0.2, 0) is 0 Å². The van der Waals surface area contributed by atoms with E-state index in [1.165, 1.54) is 6.54 Å². The van der Waals surface area contributed by atoms with Crippen LogP contribution in [0, 0.1) is 0 Å². The molecule has 23 heavy (non-hydrogen) atoms. The van der Waals surface area contributed by atoms with Gasteiger partial charge in [-0.2, -0.15) is 0 Å². The maximum atomic E-state index is 5.51. The predicted octanol–water partition coefficient (Wildman–Crippen LogP) is 0.845. The van der Waals surface area contributed by atoms with Crippen molar-refractivity contribution < 1.29 is 9.64 Å². The number of nitrogens with one attached hydrogen (secondary N) is 2. The standard InChI is InChI=1S/C17H21N5O/c1-3-21-7-9-22(10-8-21)17-16-15(18-11-19-17)14-12(20-16)5-4-6-13(14)23-2/h4-6,11,20H,3,7-10H2,1-2H3/p+1. The molecule has 0 aliphatic carbocycles. The van der Waals surface area contributed by atoms with Gasteiger partial charge in [-0.25, -0.2) is 9.97 Å². The third-order valence-electron chi connectivity index (χ3n) is 4.84. The lowest BCUT2D eigenvalue weighted by molar-refractivity contribution is -0.898. The van der Waals surface area contributed by atoms with Crippen LogP contribution in [0.2, 0.25) is 0 Å². The second kappa shape index (κ2) is 5.70. The minimum absolute atomic E-state index is 0.846. The van der Waals surface area contributed by atoms with E-state index in [-0.39, 0.29) is 0 Å². The molecule has 0 bridgehead atoms. The van der Waals surface area contributed by atoms with E-state index in [2.05, 4.69) is 32.8 Å². The zero-order valence-corrected chi connectivity index (χ0v) is 13.6. The molecule has 6 nitrogen and oxygen atoms in total. The van der Waals surface area contributed by atoms with E-state index in [9.17, 15) is 0 Å². The van der Waals surface area contributed by atoms with Gasteiger partial charge in [0.05, 0.1) is 50.7 Å². The minimum Gasteiger partial charge on any atom is -0.496 e. The fourth-order valence-corrected chi connectivity index (χ4v) is 3.49. The molecule has 2 aromatic heterocycles. The molecule has 0 radical (unpaired) electrons. The number of rotatable bonds is 3. The summed E-state index contributed by atoms with van der Waals surface area (Å²) in [6.07, 6.45) is 1.66. The van der Waals surface area contributed by atoms with Crippen LogP contribution in [0.4, 0.5) is 5.82 Å². The smallest absolute Gasteiger partial charge is 0.156 e. The Balaban J connectivity index is 1.82. The third kappa shape index (κ3) is 2.30. The van der Waals surface area contributed by atoms with E-state index >= 15 is 0 Å². The maximum Gasteiger partial charge on any atom is 0.156 e. The number of methoxy groups -OCH3 is 1. The number of H-pyrrole nitrogens is 1. The molecule has 1 aliphatic rings. The summed E-state index contributed by atoms with van der Waals surface area (Å²) < 4.78 is 5.51. The molecule has 3 aromatic rings. The zero-order valence-electron chi connectivity index (χ0n) is 13.6. The molecule has 1 aliphatic heterocycles. The second-order valence-corrected chi connectivity index (χ2v) is 6.02. The Bertz CT molecular complexity index is 835. The Morgan fingerprint density at radius 3 is 2.83 bits per heavy atom. The number of anilines is 1. The number of aromatic nitrogens is 3. The number of piperazine rings is 1. The third-order valence-corrected chi connectivity index (χ3v) is 4.84. The van der Waals surface area contributed by atoms with E-state index in [1.54, 1.807) is 18.3 Å². The number of likely N-dealkylation sites (N-methyl/N-ethyl adjacent to an activating group) is 1. The van der Waals surface area contributed by atoms with Gasteiger partial charge in [0.15, 0.2) is 5.82 Å². The lowest BCUT2D eigenvalue weighted by Crippen LogP contribution is -3.14. The van der Waals surface area contributed by atoms with Gasteiger partial charge >= 0.3 is 0 Å². The number of fused-ring (bicyclic) bond motifs is 3. The normalized spacial score (nSPS) is 16.3. The fraction of sp³-hybridized carbons (Fsp3) is 0.412. The second-order valence-electron chi connectivity index (χ2n) is 6.02. The van der Waals surface area contributed by atoms with Crippen LogP contribution in [-0.4, -0.2) is 54.8 Å². The van der Waals surface area contributed by atoms with Crippen molar-refractivity contribution in [3.63, 3.8) is 0 Å². The number of nitrogens with zero attached hydrogens (tertiary/aromatic N) is 3. The largest absolute Gasteiger partial charge is 0.496 e. The van der Waals surface area contributed by atoms with Crippen LogP contribution in [0.5, 0.6) is 5.75 Å². The summed E-state index contributed by atoms with van der Waals surface area (Å²) in [4.78, 5) is 16.6. The van der Waals surface area contributed by atoms with Crippen LogP contribution in [0.15, 0.2) is 24.5 Å². The summed E-state index contributed by atoms with van der Waals surface area (Å²) in [6.45, 7) is 7.81. The molecule has 6 heteroatoms. The van der Waals surface area contributed by atoms with Crippen molar-refractivity contribution in [2.45, 2.75) is 6.92 Å². The Hall–Kier alpha value is -2.34. The van der Waals surface area contributed by atoms with Gasteiger partial charge in [-0.3, -0.25) is 0 Å². The first-order chi connectivity index (χ1) is 11.3. The molecule has 0 saturated carbocycles. The lowest BCUT2D eigenvalue weighted by atomic mass is 10.2. The highest BCUT2D eigenvalue weighted by Gasteiger charge is 2.23. The highest BCUT2D eigenvalue weighted by atomic mass is 16.5. The number of hydrogen-bond donors (Lipinski definition) is 2. The summed E-state index contributed by atoms with van der Waals surface area (Å²) >= 11 is 0. The molecule has 0 amide bonds. The van der Waals surface area contributed by atoms with Gasteiger partial charge in [0.1, 0.15) is 23.1 Å². The van der Waals surface area contributed by atoms with E-state index in [0.717, 1.165) is 59.7 Å². The van der Waals surface area contributed by atoms with Crippen LogP contribution in [0.1, 0.15) is 6.92 Å². The van der Waals surface area contributed by atoms with Crippen LogP contribution in [0.3, 0.4) is 0 Å². The number of hydrogen-bond acceptors (Lipinski definition) is 4. The zero-order chi connectivity index (χ0) is 15.8. The van der Waals surface area contributed by atoms with E-state index in [0.29, 0.717) is 0 Å². The molecule has 1 fully saturated rings. The maximum absolute atomic E-state index is 5.51. The lowest BCUT2D eigenvalue weighted by Gasteiger charge is -2.32. The predicted molar refractivity (Wildman–Crippen MR) is 91.4 cm³/mol. The molecule has 1 aromatic carbocycles. The number of aromatic amines is 1. The molecule has 4 rings (SSSR count). The van der Waals surface area contributed by atoms with E-state index in [4.69, 9.17) is 4.74 Å². The SMILES string of the molecule is CC[NH+]1CCN(c2ncnc3c2[nH]c2cccc(OC)c23)CC1. The van der Waals surface area contributed by atoms with Gasteiger partial charge < -0.3 is 19.5 Å². The van der Waals surface area contributed by atoms with Gasteiger partial charge in [0, 0.05) is 0 Å². The molecular weight excluding hydrogens is 290 g/mol. The molecule has 2 N–H and O–H groups in total. The average Bonchev–Trinajstić information content (AvgIpc) is 3.00. The van der Waals surface area contributed by atoms with Gasteiger partial charge in [-0.15, -0.1) is 0 Å². The summed E-state index contributed by atoms with van der Waals surface area (Å²) in [5.74, 6) is 1.85. The number of ether oxygens (including phenoxy) is 1. The topological polar surface area (TPSA) is 58.5 Å². The first-order valence-corrected chi connectivity index (χ1v) is 8.19. The highest BCUT2D eigenvalue weighted by molar-refractivity contribution is 6.11. The molecule has 3 heterocycles. The van der Waals surface area contributed by atoms with E-state index in [1.807, 2.05) is 12.1 Å². The minimum atomic E-state index is 0.846. The average molecular weight is 312 g/mol. The van der Waals surface area contributed by atoms with E-state index < -0.39 is 0 Å². The molecule has 1 saturated heterocycles. The Morgan fingerprint density at radius 2 is 2.09 bits per heavy atom. The van der Waals surface area contributed by atoms with Crippen LogP contribution in [0.25, 0.3) is 21.9 Å². The summed E-state index contributed by atoms with van der Waals surface area (Å²) in [7, 11) is 1.70. The molecule has 120 valence electrons. The van der Waals surface area contributed by atoms with Crippen molar-refractivity contribution >= 4 is 27.8 Å². The van der Waals surface area contributed by atoms with Gasteiger partial charge in [0.2, 0.25) is 0 Å². The Kier molecular flexibility index (Phi) is 3.53. The van der Waals surface area contributed by atoms with Crippen molar-refractivity contribution in [2.75, 3.05) is 44.7 Å². The Morgan fingerprint density at radius 1 is 1.26 bits per heavy atom. The van der Waals surface area contributed by atoms with Crippen molar-refractivity contribution in [3.05, 3.63) is 24.5 Å². The first kappa shape index (κ1) is 14.3. The molecule has 0 spiro atoms. The number of benzene rings is 1. The molecule has 0 atom stereocenters. The van der Waals surface area contributed by atoms with Crippen molar-refractivity contribution in [3.8, 4) is 5.75 Å². The summed E-state index contributed by atoms with van der Waals surface area (Å²) in [5, 5.41) is 1.03. The molecule has 0 unspecified atom stereocenters. The summed E-state index contributed by atoms with van der Waals surface area (Å²) in [5.41, 5.74) is 2.98. The van der Waals surface area contributed by atoms with Crippen molar-refractivity contribution in [1.29, 1.82) is 0 Å². The van der Waals surface area contributed by atoms with Crippen LogP contribution >= 0.6 is 0 Å². The van der Waals surface area contributed by atoms with Crippen molar-refractivity contribution in [2.24, 2.45) is 0 Å². The summed E-state index contributed by atoms with van der Waals surface area (Å²) in [6, 6.07) is 6.02. The quantitative estimate of drug-likeness (QED) is 0.753. The Labute approximate surface area is 135 Å². The first-order valence-electron chi connectivity index (χ1n) is 8.19. The van der Waals surface area contributed by atoms with Crippen LogP contribution < -0.4 is 14.5 Å².